The molecule has 0 fully saturated rings. The van der Waals surface area contributed by atoms with E-state index in [9.17, 15) is 23.1 Å². The van der Waals surface area contributed by atoms with Crippen LogP contribution in [0.2, 0.25) is 0 Å². The maximum atomic E-state index is 13.0. The minimum absolute atomic E-state index is 0.0728. The van der Waals surface area contributed by atoms with Gasteiger partial charge in [0.15, 0.2) is 0 Å². The van der Waals surface area contributed by atoms with Gasteiger partial charge < -0.3 is 25.4 Å². The highest BCUT2D eigenvalue weighted by atomic mass is 32.2. The highest BCUT2D eigenvalue weighted by Gasteiger charge is 2.16. The summed E-state index contributed by atoms with van der Waals surface area (Å²) in [5.74, 6) is 0.553. The van der Waals surface area contributed by atoms with Crippen molar-refractivity contribution in [2.24, 2.45) is 0 Å². The summed E-state index contributed by atoms with van der Waals surface area (Å²) in [4.78, 5) is 32.2. The molecule has 0 saturated heterocycles. The number of carbonyl (C=O) groups excluding carboxylic acids is 2. The van der Waals surface area contributed by atoms with Crippen molar-refractivity contribution in [1.82, 2.24) is 20.5 Å². The largest absolute Gasteiger partial charge is 0.497 e. The Balaban J connectivity index is 0.000000289. The number of nitrogens with one attached hydrogen (secondary N) is 3. The Morgan fingerprint density at radius 1 is 0.774 bits per heavy atom. The maximum Gasteiger partial charge on any atom is 0.251 e. The zero-order valence-corrected chi connectivity index (χ0v) is 37.6. The van der Waals surface area contributed by atoms with Gasteiger partial charge in [-0.15, -0.1) is 0 Å². The molecule has 0 spiro atoms. The van der Waals surface area contributed by atoms with E-state index in [1.165, 1.54) is 32.1 Å². The Hall–Kier alpha value is -5.56. The standard InChI is InChI=1S/C30H29N3O3.C20H36N2O3S/c1-36-25-14-12-22(13-15-25)19-29(34)33-21-24-8-2-3-9-26(24)27-10-4-5-11-28(27)30(35)32-18-16-23-7-6-17-31-20-23;1-4-6-7-8-9-16-22(5-2)17-10-11-20(23)18-12-14-19(15-13-18)21-26(3,24)25/h2-15,17,20H,16,18-19,21H2,1H3,(H,32,35)(H,33,34);12-15,20-21,23H,4-11,16-17H2,1-3H3. The highest BCUT2D eigenvalue weighted by Crippen LogP contribution is 2.28. The number of hydrogen-bond acceptors (Lipinski definition) is 8. The van der Waals surface area contributed by atoms with Crippen LogP contribution in [-0.4, -0.2) is 74.8 Å². The smallest absolute Gasteiger partial charge is 0.251 e. The summed E-state index contributed by atoms with van der Waals surface area (Å²) < 4.78 is 30.0. The lowest BCUT2D eigenvalue weighted by Gasteiger charge is -2.21. The molecule has 5 rings (SSSR count). The third-order valence-corrected chi connectivity index (χ3v) is 11.1. The number of benzene rings is 4. The first-order chi connectivity index (χ1) is 30.0. The number of aliphatic hydroxyl groups is 1. The first-order valence-corrected chi connectivity index (χ1v) is 23.6. The molecule has 2 amide bonds. The van der Waals surface area contributed by atoms with Gasteiger partial charge in [-0.05, 0) is 115 Å². The SMILES string of the molecule is CCCCCCCN(CC)CCCC(O)c1ccc(NS(C)(=O)=O)cc1.COc1ccc(CC(=O)NCc2ccccc2-c2ccccc2C(=O)NCCc2cccnc2)cc1. The quantitative estimate of drug-likeness (QED) is 0.0450. The average molecular weight is 864 g/mol. The summed E-state index contributed by atoms with van der Waals surface area (Å²) in [6, 6.07) is 33.6. The Kier molecular flexibility index (Phi) is 21.1. The number of hydrogen-bond donors (Lipinski definition) is 4. The number of pyridine rings is 1. The summed E-state index contributed by atoms with van der Waals surface area (Å²) in [7, 11) is -1.65. The second kappa shape index (κ2) is 26.7. The van der Waals surface area contributed by atoms with Gasteiger partial charge >= 0.3 is 0 Å². The second-order valence-electron chi connectivity index (χ2n) is 15.4. The first-order valence-electron chi connectivity index (χ1n) is 21.7. The number of carbonyl (C=O) groups is 2. The summed E-state index contributed by atoms with van der Waals surface area (Å²) in [5, 5.41) is 16.4. The molecule has 11 nitrogen and oxygen atoms in total. The molecule has 62 heavy (non-hydrogen) atoms. The molecule has 12 heteroatoms. The zero-order chi connectivity index (χ0) is 44.6. The predicted molar refractivity (Wildman–Crippen MR) is 251 cm³/mol. The Morgan fingerprint density at radius 2 is 1.47 bits per heavy atom. The van der Waals surface area contributed by atoms with E-state index in [2.05, 4.69) is 39.1 Å². The van der Waals surface area contributed by atoms with Crippen LogP contribution in [0, 0.1) is 0 Å². The fourth-order valence-corrected chi connectivity index (χ4v) is 7.59. The molecular weight excluding hydrogens is 799 g/mol. The van der Waals surface area contributed by atoms with Gasteiger partial charge in [0, 0.05) is 36.7 Å². The maximum absolute atomic E-state index is 13.0. The van der Waals surface area contributed by atoms with Gasteiger partial charge in [-0.2, -0.15) is 0 Å². The molecule has 4 N–H and O–H groups in total. The van der Waals surface area contributed by atoms with Gasteiger partial charge in [0.2, 0.25) is 15.9 Å². The normalized spacial score (nSPS) is 11.6. The summed E-state index contributed by atoms with van der Waals surface area (Å²) in [6.07, 6.45) is 13.3. The molecule has 0 bridgehead atoms. The number of sulfonamides is 1. The van der Waals surface area contributed by atoms with Crippen molar-refractivity contribution in [2.75, 3.05) is 44.3 Å². The Bertz CT molecular complexity index is 2180. The second-order valence-corrected chi connectivity index (χ2v) is 17.1. The molecule has 1 aromatic heterocycles. The summed E-state index contributed by atoms with van der Waals surface area (Å²) in [5.41, 5.74) is 6.61. The number of aromatic nitrogens is 1. The van der Waals surface area contributed by atoms with Gasteiger partial charge in [0.05, 0.1) is 25.9 Å². The molecule has 0 radical (unpaired) electrons. The van der Waals surface area contributed by atoms with E-state index < -0.39 is 16.1 Å². The van der Waals surface area contributed by atoms with Crippen molar-refractivity contribution in [1.29, 1.82) is 0 Å². The Morgan fingerprint density at radius 3 is 2.15 bits per heavy atom. The zero-order valence-electron chi connectivity index (χ0n) is 36.8. The van der Waals surface area contributed by atoms with E-state index in [0.29, 0.717) is 37.2 Å². The van der Waals surface area contributed by atoms with Crippen LogP contribution in [0.3, 0.4) is 0 Å². The fraction of sp³-hybridized carbons (Fsp3) is 0.380. The number of amides is 2. The van der Waals surface area contributed by atoms with Crippen molar-refractivity contribution < 1.29 is 27.9 Å². The molecule has 4 aromatic carbocycles. The van der Waals surface area contributed by atoms with E-state index in [1.807, 2.05) is 84.9 Å². The number of unbranched alkanes of at least 4 members (excludes halogenated alkanes) is 4. The molecule has 0 aliphatic rings. The minimum Gasteiger partial charge on any atom is -0.497 e. The molecule has 5 aromatic rings. The van der Waals surface area contributed by atoms with Crippen molar-refractivity contribution in [3.63, 3.8) is 0 Å². The van der Waals surface area contributed by atoms with Gasteiger partial charge in [0.25, 0.3) is 5.91 Å². The molecule has 0 aliphatic carbocycles. The number of nitrogens with zero attached hydrogens (tertiary/aromatic N) is 2. The fourth-order valence-electron chi connectivity index (χ4n) is 7.03. The third kappa shape index (κ3) is 17.8. The lowest BCUT2D eigenvalue weighted by molar-refractivity contribution is -0.120. The molecule has 1 heterocycles. The van der Waals surface area contributed by atoms with Gasteiger partial charge in [0.1, 0.15) is 5.75 Å². The van der Waals surface area contributed by atoms with E-state index in [4.69, 9.17) is 4.74 Å². The van der Waals surface area contributed by atoms with E-state index >= 15 is 0 Å². The number of ether oxygens (including phenoxy) is 1. The van der Waals surface area contributed by atoms with Crippen LogP contribution >= 0.6 is 0 Å². The first kappa shape index (κ1) is 49.1. The van der Waals surface area contributed by atoms with Crippen LogP contribution in [0.15, 0.2) is 122 Å². The third-order valence-electron chi connectivity index (χ3n) is 10.5. The predicted octanol–water partition coefficient (Wildman–Crippen LogP) is 8.75. The molecule has 0 aliphatic heterocycles. The van der Waals surface area contributed by atoms with E-state index in [1.54, 1.807) is 43.8 Å². The van der Waals surface area contributed by atoms with E-state index in [-0.39, 0.29) is 18.2 Å². The Labute approximate surface area is 369 Å². The minimum atomic E-state index is -3.27. The number of anilines is 1. The van der Waals surface area contributed by atoms with Gasteiger partial charge in [-0.3, -0.25) is 19.3 Å². The molecule has 1 unspecified atom stereocenters. The topological polar surface area (TPSA) is 150 Å². The van der Waals surface area contributed by atoms with Gasteiger partial charge in [-0.25, -0.2) is 8.42 Å². The van der Waals surface area contributed by atoms with Gasteiger partial charge in [-0.1, -0.05) is 112 Å². The monoisotopic (exact) mass is 863 g/mol. The van der Waals surface area contributed by atoms with Crippen LogP contribution < -0.4 is 20.1 Å². The van der Waals surface area contributed by atoms with E-state index in [0.717, 1.165) is 71.4 Å². The molecule has 1 atom stereocenters. The van der Waals surface area contributed by atoms with Crippen LogP contribution in [0.25, 0.3) is 11.1 Å². The summed E-state index contributed by atoms with van der Waals surface area (Å²) >= 11 is 0. The molecule has 332 valence electrons. The summed E-state index contributed by atoms with van der Waals surface area (Å²) in [6.45, 7) is 8.51. The van der Waals surface area contributed by atoms with Crippen molar-refractivity contribution >= 4 is 27.5 Å². The number of aliphatic hydroxyl groups excluding tert-OH is 1. The van der Waals surface area contributed by atoms with Crippen LogP contribution in [-0.2, 0) is 34.2 Å². The van der Waals surface area contributed by atoms with Crippen molar-refractivity contribution in [3.05, 3.63) is 149 Å². The van der Waals surface area contributed by atoms with Crippen LogP contribution in [0.1, 0.15) is 97.5 Å². The average Bonchev–Trinajstić information content (AvgIpc) is 3.28. The number of rotatable bonds is 24. The van der Waals surface area contributed by atoms with Crippen LogP contribution in [0.4, 0.5) is 5.69 Å². The molecule has 0 saturated carbocycles. The lowest BCUT2D eigenvalue weighted by atomic mass is 9.95. The van der Waals surface area contributed by atoms with Crippen LogP contribution in [0.5, 0.6) is 5.75 Å². The highest BCUT2D eigenvalue weighted by molar-refractivity contribution is 7.92. The lowest BCUT2D eigenvalue weighted by Crippen LogP contribution is -2.26. The number of methoxy groups -OCH3 is 1. The molecular formula is C50H65N5O6S. The van der Waals surface area contributed by atoms with Crippen molar-refractivity contribution in [2.45, 2.75) is 84.3 Å². The van der Waals surface area contributed by atoms with Crippen molar-refractivity contribution in [3.8, 4) is 16.9 Å².